The zero-order valence-corrected chi connectivity index (χ0v) is 15.6. The monoisotopic (exact) mass is 379 g/mol. The van der Waals surface area contributed by atoms with Crippen LogP contribution in [0.1, 0.15) is 11.3 Å². The van der Waals surface area contributed by atoms with Crippen LogP contribution in [0.5, 0.6) is 11.6 Å². The van der Waals surface area contributed by atoms with E-state index >= 15 is 0 Å². The summed E-state index contributed by atoms with van der Waals surface area (Å²) in [5, 5.41) is 6.49. The Morgan fingerprint density at radius 1 is 1.04 bits per heavy atom. The molecule has 0 spiro atoms. The minimum absolute atomic E-state index is 0.356. The topological polar surface area (TPSA) is 71.4 Å². The third-order valence-electron chi connectivity index (χ3n) is 3.93. The van der Waals surface area contributed by atoms with E-state index in [0.717, 1.165) is 17.7 Å². The van der Waals surface area contributed by atoms with E-state index in [4.69, 9.17) is 4.74 Å². The van der Waals surface area contributed by atoms with Crippen molar-refractivity contribution in [3.63, 3.8) is 0 Å². The molecule has 0 bridgehead atoms. The third-order valence-corrected chi connectivity index (χ3v) is 3.93. The van der Waals surface area contributed by atoms with Gasteiger partial charge >= 0.3 is 0 Å². The number of aromatic nitrogens is 2. The molecule has 0 radical (unpaired) electrons. The zero-order chi connectivity index (χ0) is 19.6. The number of nitrogens with one attached hydrogen (secondary N) is 2. The van der Waals surface area contributed by atoms with Gasteiger partial charge in [0.15, 0.2) is 5.96 Å². The van der Waals surface area contributed by atoms with Crippen LogP contribution in [0, 0.1) is 5.82 Å². The Hall–Kier alpha value is -3.48. The smallest absolute Gasteiger partial charge is 0.224 e. The van der Waals surface area contributed by atoms with Crippen molar-refractivity contribution >= 4 is 5.96 Å². The molecular formula is C21H22FN5O. The largest absolute Gasteiger partial charge is 0.439 e. The van der Waals surface area contributed by atoms with Gasteiger partial charge in [0.25, 0.3) is 0 Å². The van der Waals surface area contributed by atoms with Crippen molar-refractivity contribution in [2.45, 2.75) is 13.0 Å². The second-order valence-corrected chi connectivity index (χ2v) is 5.95. The first-order valence-corrected chi connectivity index (χ1v) is 8.96. The van der Waals surface area contributed by atoms with Crippen LogP contribution in [0.3, 0.4) is 0 Å². The van der Waals surface area contributed by atoms with Gasteiger partial charge in [0, 0.05) is 56.3 Å². The molecule has 0 atom stereocenters. The highest BCUT2D eigenvalue weighted by atomic mass is 19.1. The first-order valence-electron chi connectivity index (χ1n) is 8.96. The minimum Gasteiger partial charge on any atom is -0.439 e. The Labute approximate surface area is 163 Å². The van der Waals surface area contributed by atoms with Crippen molar-refractivity contribution in [2.75, 3.05) is 13.6 Å². The predicted octanol–water partition coefficient (Wildman–Crippen LogP) is 3.32. The molecule has 3 aromatic rings. The van der Waals surface area contributed by atoms with Gasteiger partial charge in [0.1, 0.15) is 11.6 Å². The van der Waals surface area contributed by atoms with Crippen LogP contribution in [-0.2, 0) is 13.0 Å². The van der Waals surface area contributed by atoms with Gasteiger partial charge in [-0.3, -0.25) is 9.98 Å². The normalized spacial score (nSPS) is 11.1. The van der Waals surface area contributed by atoms with Gasteiger partial charge in [-0.1, -0.05) is 18.2 Å². The Morgan fingerprint density at radius 2 is 1.93 bits per heavy atom. The number of ether oxygens (including phenoxy) is 1. The van der Waals surface area contributed by atoms with Gasteiger partial charge in [-0.2, -0.15) is 0 Å². The summed E-state index contributed by atoms with van der Waals surface area (Å²) < 4.78 is 19.1. The van der Waals surface area contributed by atoms with Crippen molar-refractivity contribution in [3.8, 4) is 11.6 Å². The van der Waals surface area contributed by atoms with Gasteiger partial charge in [-0.25, -0.2) is 9.37 Å². The first-order chi connectivity index (χ1) is 13.7. The summed E-state index contributed by atoms with van der Waals surface area (Å²) in [5.74, 6) is 1.13. The lowest BCUT2D eigenvalue weighted by atomic mass is 10.2. The molecule has 0 saturated heterocycles. The van der Waals surface area contributed by atoms with E-state index in [1.807, 2.05) is 30.3 Å². The van der Waals surface area contributed by atoms with E-state index in [1.165, 1.54) is 12.1 Å². The van der Waals surface area contributed by atoms with Crippen LogP contribution in [0.15, 0.2) is 72.0 Å². The maximum Gasteiger partial charge on any atom is 0.224 e. The summed E-state index contributed by atoms with van der Waals surface area (Å²) in [4.78, 5) is 12.8. The van der Waals surface area contributed by atoms with Crippen molar-refractivity contribution in [1.82, 2.24) is 20.6 Å². The van der Waals surface area contributed by atoms with Crippen LogP contribution >= 0.6 is 0 Å². The van der Waals surface area contributed by atoms with E-state index < -0.39 is 0 Å². The molecule has 0 unspecified atom stereocenters. The van der Waals surface area contributed by atoms with Gasteiger partial charge in [-0.15, -0.1) is 0 Å². The Bertz CT molecular complexity index is 917. The maximum absolute atomic E-state index is 13.4. The Kier molecular flexibility index (Phi) is 6.89. The molecule has 144 valence electrons. The van der Waals surface area contributed by atoms with Crippen LogP contribution in [0.4, 0.5) is 4.39 Å². The number of halogens is 1. The molecule has 7 heteroatoms. The molecule has 2 aromatic heterocycles. The Morgan fingerprint density at radius 3 is 2.71 bits per heavy atom. The van der Waals surface area contributed by atoms with Crippen molar-refractivity contribution in [3.05, 3.63) is 84.1 Å². The Balaban J connectivity index is 1.55. The van der Waals surface area contributed by atoms with Gasteiger partial charge < -0.3 is 15.4 Å². The maximum atomic E-state index is 13.4. The fourth-order valence-corrected chi connectivity index (χ4v) is 2.55. The summed E-state index contributed by atoms with van der Waals surface area (Å²) in [6.07, 6.45) is 4.21. The predicted molar refractivity (Wildman–Crippen MR) is 107 cm³/mol. The molecule has 6 nitrogen and oxygen atoms in total. The number of aliphatic imine (C=N–C) groups is 1. The van der Waals surface area contributed by atoms with Crippen molar-refractivity contribution in [1.29, 1.82) is 0 Å². The van der Waals surface area contributed by atoms with Crippen LogP contribution in [0.25, 0.3) is 0 Å². The van der Waals surface area contributed by atoms with Crippen LogP contribution < -0.4 is 15.4 Å². The number of pyridine rings is 2. The van der Waals surface area contributed by atoms with Gasteiger partial charge in [0.05, 0.1) is 0 Å². The van der Waals surface area contributed by atoms with E-state index in [9.17, 15) is 4.39 Å². The molecule has 28 heavy (non-hydrogen) atoms. The van der Waals surface area contributed by atoms with E-state index in [2.05, 4.69) is 25.6 Å². The number of nitrogens with zero attached hydrogens (tertiary/aromatic N) is 3. The molecule has 2 N–H and O–H groups in total. The fourth-order valence-electron chi connectivity index (χ4n) is 2.55. The van der Waals surface area contributed by atoms with E-state index in [-0.39, 0.29) is 5.82 Å². The quantitative estimate of drug-likeness (QED) is 0.487. The summed E-state index contributed by atoms with van der Waals surface area (Å²) in [6, 6.07) is 15.6. The highest BCUT2D eigenvalue weighted by molar-refractivity contribution is 5.79. The third kappa shape index (κ3) is 5.77. The second-order valence-electron chi connectivity index (χ2n) is 5.95. The molecular weight excluding hydrogens is 357 g/mol. The van der Waals surface area contributed by atoms with Gasteiger partial charge in [-0.05, 0) is 30.3 Å². The number of guanidine groups is 1. The molecule has 0 aliphatic rings. The SMILES string of the molecule is CN=C(NCCc1ccccn1)NCc1cccnc1Oc1cccc(F)c1. The lowest BCUT2D eigenvalue weighted by Gasteiger charge is -2.14. The van der Waals surface area contributed by atoms with Crippen molar-refractivity contribution < 1.29 is 9.13 Å². The number of hydrogen-bond acceptors (Lipinski definition) is 4. The molecule has 0 saturated carbocycles. The molecule has 2 heterocycles. The lowest BCUT2D eigenvalue weighted by Crippen LogP contribution is -2.38. The molecule has 3 rings (SSSR count). The van der Waals surface area contributed by atoms with Crippen LogP contribution in [-0.4, -0.2) is 29.5 Å². The molecule has 0 amide bonds. The minimum atomic E-state index is -0.356. The summed E-state index contributed by atoms with van der Waals surface area (Å²) in [5.41, 5.74) is 1.85. The summed E-state index contributed by atoms with van der Waals surface area (Å²) >= 11 is 0. The fraction of sp³-hybridized carbons (Fsp3) is 0.190. The van der Waals surface area contributed by atoms with Gasteiger partial charge in [0.2, 0.25) is 5.88 Å². The average Bonchev–Trinajstić information content (AvgIpc) is 2.72. The molecule has 0 aliphatic heterocycles. The highest BCUT2D eigenvalue weighted by Crippen LogP contribution is 2.23. The first kappa shape index (κ1) is 19.3. The number of hydrogen-bond donors (Lipinski definition) is 2. The van der Waals surface area contributed by atoms with E-state index in [0.29, 0.717) is 30.7 Å². The molecule has 0 fully saturated rings. The second kappa shape index (κ2) is 10.0. The average molecular weight is 379 g/mol. The lowest BCUT2D eigenvalue weighted by molar-refractivity contribution is 0.450. The van der Waals surface area contributed by atoms with Crippen molar-refractivity contribution in [2.24, 2.45) is 4.99 Å². The molecule has 1 aromatic carbocycles. The highest BCUT2D eigenvalue weighted by Gasteiger charge is 2.08. The zero-order valence-electron chi connectivity index (χ0n) is 15.6. The standard InChI is InChI=1S/C21H22FN5O/c1-23-21(26-13-10-18-8-2-3-11-24-18)27-15-16-6-5-12-25-20(16)28-19-9-4-7-17(22)14-19/h2-9,11-12,14H,10,13,15H2,1H3,(H2,23,26,27). The number of rotatable bonds is 7. The van der Waals surface area contributed by atoms with E-state index in [1.54, 1.807) is 31.6 Å². The van der Waals surface area contributed by atoms with Crippen LogP contribution in [0.2, 0.25) is 0 Å². The summed E-state index contributed by atoms with van der Waals surface area (Å²) in [7, 11) is 1.71. The molecule has 0 aliphatic carbocycles. The number of benzene rings is 1. The summed E-state index contributed by atoms with van der Waals surface area (Å²) in [6.45, 7) is 1.16.